The average Bonchev–Trinajstić information content (AvgIpc) is 3.14. The zero-order valence-corrected chi connectivity index (χ0v) is 11.7. The third-order valence-electron chi connectivity index (χ3n) is 3.93. The second-order valence-electron chi connectivity index (χ2n) is 5.60. The van der Waals surface area contributed by atoms with Crippen LogP contribution in [0.1, 0.15) is 50.3 Å². The Hall–Kier alpha value is -1.17. The van der Waals surface area contributed by atoms with Crippen molar-refractivity contribution in [1.29, 1.82) is 0 Å². The minimum absolute atomic E-state index is 0.280. The first kappa shape index (κ1) is 12.8. The molecule has 19 heavy (non-hydrogen) atoms. The fraction of sp³-hybridized carbons (Fsp3) is 0.769. The van der Waals surface area contributed by atoms with E-state index in [9.17, 15) is 4.79 Å². The second-order valence-corrected chi connectivity index (χ2v) is 6.33. The summed E-state index contributed by atoms with van der Waals surface area (Å²) in [6.07, 6.45) is 5.79. The lowest BCUT2D eigenvalue weighted by atomic mass is 9.94. The Morgan fingerprint density at radius 1 is 1.42 bits per heavy atom. The molecule has 1 aliphatic carbocycles. The summed E-state index contributed by atoms with van der Waals surface area (Å²) in [7, 11) is 0. The number of aliphatic carboxylic acids is 1. The van der Waals surface area contributed by atoms with E-state index in [0.29, 0.717) is 11.8 Å². The minimum atomic E-state index is -0.691. The van der Waals surface area contributed by atoms with E-state index >= 15 is 0 Å². The Balaban J connectivity index is 1.58. The van der Waals surface area contributed by atoms with Gasteiger partial charge in [-0.2, -0.15) is 4.37 Å². The summed E-state index contributed by atoms with van der Waals surface area (Å²) >= 11 is 1.50. The molecule has 2 aliphatic rings. The van der Waals surface area contributed by atoms with Gasteiger partial charge in [-0.05, 0) is 38.0 Å². The van der Waals surface area contributed by atoms with Gasteiger partial charge in [-0.15, -0.1) is 0 Å². The summed E-state index contributed by atoms with van der Waals surface area (Å²) in [4.78, 5) is 17.6. The van der Waals surface area contributed by atoms with Crippen LogP contribution in [0.5, 0.6) is 0 Å². The van der Waals surface area contributed by atoms with E-state index in [-0.39, 0.29) is 6.42 Å². The fourth-order valence-corrected chi connectivity index (χ4v) is 3.44. The number of aromatic nitrogens is 2. The molecule has 5 nitrogen and oxygen atoms in total. The highest BCUT2D eigenvalue weighted by Crippen LogP contribution is 2.40. The molecule has 3 rings (SSSR count). The molecule has 2 fully saturated rings. The van der Waals surface area contributed by atoms with Crippen molar-refractivity contribution in [3.63, 3.8) is 0 Å². The highest BCUT2D eigenvalue weighted by atomic mass is 32.1. The molecule has 1 aliphatic heterocycles. The van der Waals surface area contributed by atoms with Gasteiger partial charge < -0.3 is 10.0 Å². The van der Waals surface area contributed by atoms with Crippen LogP contribution in [-0.2, 0) is 4.79 Å². The molecule has 0 bridgehead atoms. The number of hydrogen-bond donors (Lipinski definition) is 1. The molecule has 0 aromatic carbocycles. The van der Waals surface area contributed by atoms with Gasteiger partial charge in [0.1, 0.15) is 5.82 Å². The zero-order valence-electron chi connectivity index (χ0n) is 10.9. The third kappa shape index (κ3) is 3.23. The van der Waals surface area contributed by atoms with Crippen molar-refractivity contribution in [2.75, 3.05) is 18.0 Å². The zero-order chi connectivity index (χ0) is 13.2. The minimum Gasteiger partial charge on any atom is -0.481 e. The van der Waals surface area contributed by atoms with Crippen molar-refractivity contribution in [2.24, 2.45) is 5.92 Å². The van der Waals surface area contributed by atoms with E-state index in [0.717, 1.165) is 43.3 Å². The molecule has 1 saturated carbocycles. The maximum atomic E-state index is 10.6. The fourth-order valence-electron chi connectivity index (χ4n) is 2.66. The number of anilines is 1. The normalized spacial score (nSPS) is 23.6. The summed E-state index contributed by atoms with van der Waals surface area (Å²) in [5.41, 5.74) is 0. The van der Waals surface area contributed by atoms with Gasteiger partial charge in [-0.3, -0.25) is 4.79 Å². The number of nitrogens with zero attached hydrogens (tertiary/aromatic N) is 3. The van der Waals surface area contributed by atoms with E-state index < -0.39 is 5.97 Å². The topological polar surface area (TPSA) is 66.3 Å². The Bertz CT molecular complexity index is 458. The first-order valence-corrected chi connectivity index (χ1v) is 7.80. The average molecular weight is 281 g/mol. The van der Waals surface area contributed by atoms with Crippen LogP contribution in [0.2, 0.25) is 0 Å². The Morgan fingerprint density at radius 3 is 3.00 bits per heavy atom. The highest BCUT2D eigenvalue weighted by molar-refractivity contribution is 7.09. The molecule has 1 N–H and O–H groups in total. The maximum Gasteiger partial charge on any atom is 0.303 e. The number of rotatable bonds is 5. The summed E-state index contributed by atoms with van der Waals surface area (Å²) in [6.45, 7) is 1.97. The predicted molar refractivity (Wildman–Crippen MR) is 73.7 cm³/mol. The molecule has 1 aromatic heterocycles. The van der Waals surface area contributed by atoms with Crippen LogP contribution in [0, 0.1) is 5.92 Å². The third-order valence-corrected chi connectivity index (χ3v) is 4.72. The largest absolute Gasteiger partial charge is 0.481 e. The molecule has 1 unspecified atom stereocenters. The molecule has 2 heterocycles. The van der Waals surface area contributed by atoms with Gasteiger partial charge in [0.15, 0.2) is 0 Å². The predicted octanol–water partition coefficient (Wildman–Crippen LogP) is 2.50. The molecular formula is C13H19N3O2S. The molecule has 0 amide bonds. The van der Waals surface area contributed by atoms with Crippen LogP contribution < -0.4 is 4.90 Å². The molecule has 1 aromatic rings. The van der Waals surface area contributed by atoms with E-state index in [4.69, 9.17) is 5.11 Å². The van der Waals surface area contributed by atoms with Gasteiger partial charge in [0.2, 0.25) is 5.13 Å². The van der Waals surface area contributed by atoms with Crippen molar-refractivity contribution < 1.29 is 9.90 Å². The number of piperidine rings is 1. The smallest absolute Gasteiger partial charge is 0.303 e. The number of carboxylic acid groups (broad SMARTS) is 1. The molecule has 1 saturated heterocycles. The van der Waals surface area contributed by atoms with Crippen molar-refractivity contribution >= 4 is 22.6 Å². The number of carbonyl (C=O) groups is 1. The van der Waals surface area contributed by atoms with Crippen LogP contribution in [0.15, 0.2) is 0 Å². The molecule has 1 atom stereocenters. The first-order chi connectivity index (χ1) is 9.22. The van der Waals surface area contributed by atoms with Gasteiger partial charge >= 0.3 is 5.97 Å². The monoisotopic (exact) mass is 281 g/mol. The number of carboxylic acids is 1. The molecular weight excluding hydrogens is 262 g/mol. The quantitative estimate of drug-likeness (QED) is 0.898. The first-order valence-electron chi connectivity index (χ1n) is 7.02. The Morgan fingerprint density at radius 2 is 2.26 bits per heavy atom. The van der Waals surface area contributed by atoms with Gasteiger partial charge in [0.25, 0.3) is 0 Å². The van der Waals surface area contributed by atoms with Crippen LogP contribution in [0.3, 0.4) is 0 Å². The number of hydrogen-bond acceptors (Lipinski definition) is 5. The second kappa shape index (κ2) is 5.45. The van der Waals surface area contributed by atoms with E-state index in [1.54, 1.807) is 0 Å². The van der Waals surface area contributed by atoms with Crippen LogP contribution in [-0.4, -0.2) is 33.5 Å². The van der Waals surface area contributed by atoms with Gasteiger partial charge in [-0.25, -0.2) is 4.98 Å². The van der Waals surface area contributed by atoms with Gasteiger partial charge in [0.05, 0.1) is 0 Å². The van der Waals surface area contributed by atoms with Crippen molar-refractivity contribution in [3.8, 4) is 0 Å². The summed E-state index contributed by atoms with van der Waals surface area (Å²) in [5, 5.41) is 9.79. The van der Waals surface area contributed by atoms with E-state index in [1.807, 2.05) is 0 Å². The molecule has 104 valence electrons. The summed E-state index contributed by atoms with van der Waals surface area (Å²) in [5.74, 6) is 1.42. The lowest BCUT2D eigenvalue weighted by Gasteiger charge is -2.32. The molecule has 0 spiro atoms. The lowest BCUT2D eigenvalue weighted by molar-refractivity contribution is -0.137. The van der Waals surface area contributed by atoms with Crippen LogP contribution in [0.25, 0.3) is 0 Å². The van der Waals surface area contributed by atoms with Gasteiger partial charge in [-0.1, -0.05) is 0 Å². The molecule has 0 radical (unpaired) electrons. The lowest BCUT2D eigenvalue weighted by Crippen LogP contribution is -2.35. The van der Waals surface area contributed by atoms with Crippen molar-refractivity contribution in [1.82, 2.24) is 9.36 Å². The SMILES string of the molecule is O=C(O)CCC1CCCN(c2nc(C3CC3)ns2)C1. The van der Waals surface area contributed by atoms with Crippen LogP contribution in [0.4, 0.5) is 5.13 Å². The maximum absolute atomic E-state index is 10.6. The summed E-state index contributed by atoms with van der Waals surface area (Å²) in [6, 6.07) is 0. The Labute approximate surface area is 116 Å². The van der Waals surface area contributed by atoms with E-state index in [1.165, 1.54) is 24.4 Å². The van der Waals surface area contributed by atoms with Crippen molar-refractivity contribution in [2.45, 2.75) is 44.4 Å². The molecule has 6 heteroatoms. The van der Waals surface area contributed by atoms with Crippen LogP contribution >= 0.6 is 11.5 Å². The van der Waals surface area contributed by atoms with Crippen molar-refractivity contribution in [3.05, 3.63) is 5.82 Å². The highest BCUT2D eigenvalue weighted by Gasteiger charge is 2.29. The standard InChI is InChI=1S/C13H19N3O2S/c17-11(18)6-3-9-2-1-7-16(8-9)13-14-12(15-19-13)10-4-5-10/h9-10H,1-8H2,(H,17,18). The van der Waals surface area contributed by atoms with E-state index in [2.05, 4.69) is 14.3 Å². The van der Waals surface area contributed by atoms with Gasteiger partial charge in [0, 0.05) is 37.0 Å². The Kier molecular flexibility index (Phi) is 3.68. The summed E-state index contributed by atoms with van der Waals surface area (Å²) < 4.78 is 4.45.